The van der Waals surface area contributed by atoms with Crippen molar-refractivity contribution >= 4 is 12.6 Å². The van der Waals surface area contributed by atoms with Gasteiger partial charge in [0.1, 0.15) is 0 Å². The summed E-state index contributed by atoms with van der Waals surface area (Å²) in [5, 5.41) is 0.444. The highest BCUT2D eigenvalue weighted by Crippen LogP contribution is 2.65. The predicted octanol–water partition coefficient (Wildman–Crippen LogP) is 4.19. The molecule has 0 heterocycles. The van der Waals surface area contributed by atoms with Gasteiger partial charge in [-0.15, -0.1) is 0 Å². The summed E-state index contributed by atoms with van der Waals surface area (Å²) in [6.45, 7) is 7.44. The van der Waals surface area contributed by atoms with E-state index in [1.807, 2.05) is 0 Å². The Morgan fingerprint density at radius 2 is 1.27 bits per heavy atom. The highest BCUT2D eigenvalue weighted by molar-refractivity contribution is 7.81. The molecule has 0 bridgehead atoms. The molecule has 5 rings (SSSR count). The second-order valence-corrected chi connectivity index (χ2v) is 12.1. The summed E-state index contributed by atoms with van der Waals surface area (Å²) in [5.41, 5.74) is 13.7. The Labute approximate surface area is 166 Å². The summed E-state index contributed by atoms with van der Waals surface area (Å²) in [6, 6.07) is 0.719. The van der Waals surface area contributed by atoms with Crippen LogP contribution >= 0.6 is 12.6 Å². The lowest BCUT2D eigenvalue weighted by Crippen LogP contribution is -2.46. The number of hydrogen-bond acceptors (Lipinski definition) is 3. The number of rotatable bonds is 0. The van der Waals surface area contributed by atoms with Gasteiger partial charge < -0.3 is 11.5 Å². The summed E-state index contributed by atoms with van der Waals surface area (Å²) in [5.74, 6) is 8.93. The monoisotopic (exact) mass is 376 g/mol. The van der Waals surface area contributed by atoms with E-state index >= 15 is 0 Å². The molecule has 0 aromatic rings. The molecular formula is C23H40N2S. The van der Waals surface area contributed by atoms with Crippen LogP contribution in [-0.2, 0) is 0 Å². The Balaban J connectivity index is 1.49. The van der Waals surface area contributed by atoms with E-state index < -0.39 is 0 Å². The Kier molecular flexibility index (Phi) is 4.50. The molecule has 5 aliphatic carbocycles. The summed E-state index contributed by atoms with van der Waals surface area (Å²) in [6.07, 6.45) is 8.42. The molecule has 2 nitrogen and oxygen atoms in total. The van der Waals surface area contributed by atoms with Crippen LogP contribution in [0.3, 0.4) is 0 Å². The number of nitrogens with two attached hydrogens (primary N) is 2. The van der Waals surface area contributed by atoms with Crippen LogP contribution in [0.1, 0.15) is 59.3 Å². The standard InChI is InChI=1S/C23H40N2S/c1-10-4-13-8-12(3)18-16(9-14(13)5-10)19-15-6-11(2)7-17(24)20(15)23(26)21(19)22(18)25/h10-23,26H,4-9,24-25H2,1-3H3. The molecule has 3 heteroatoms. The molecule has 5 fully saturated rings. The maximum atomic E-state index is 7.05. The van der Waals surface area contributed by atoms with E-state index in [9.17, 15) is 0 Å². The summed E-state index contributed by atoms with van der Waals surface area (Å²) < 4.78 is 0. The van der Waals surface area contributed by atoms with Gasteiger partial charge in [-0.1, -0.05) is 20.8 Å². The van der Waals surface area contributed by atoms with Gasteiger partial charge in [0.2, 0.25) is 0 Å². The van der Waals surface area contributed by atoms with Crippen molar-refractivity contribution in [2.75, 3.05) is 0 Å². The second-order valence-electron chi connectivity index (χ2n) is 11.5. The van der Waals surface area contributed by atoms with Crippen molar-refractivity contribution in [2.24, 2.45) is 76.6 Å². The van der Waals surface area contributed by atoms with Crippen molar-refractivity contribution in [1.29, 1.82) is 0 Å². The zero-order valence-electron chi connectivity index (χ0n) is 16.9. The zero-order chi connectivity index (χ0) is 18.3. The first kappa shape index (κ1) is 18.3. The molecule has 14 atom stereocenters. The van der Waals surface area contributed by atoms with Gasteiger partial charge >= 0.3 is 0 Å². The number of hydrogen-bond donors (Lipinski definition) is 3. The quantitative estimate of drug-likeness (QED) is 0.555. The molecular weight excluding hydrogens is 336 g/mol. The van der Waals surface area contributed by atoms with Crippen LogP contribution in [-0.4, -0.2) is 17.3 Å². The third-order valence-corrected chi connectivity index (χ3v) is 10.6. The van der Waals surface area contributed by atoms with Crippen molar-refractivity contribution in [2.45, 2.75) is 76.6 Å². The van der Waals surface area contributed by atoms with Crippen molar-refractivity contribution in [3.05, 3.63) is 0 Å². The fraction of sp³-hybridized carbons (Fsp3) is 1.00. The Morgan fingerprint density at radius 3 is 2.00 bits per heavy atom. The topological polar surface area (TPSA) is 52.0 Å². The Hall–Kier alpha value is 0.270. The molecule has 0 amide bonds. The normalized spacial score (nSPS) is 64.4. The average molecular weight is 377 g/mol. The lowest BCUT2D eigenvalue weighted by atomic mass is 9.66. The van der Waals surface area contributed by atoms with Gasteiger partial charge in [-0.2, -0.15) is 12.6 Å². The van der Waals surface area contributed by atoms with Gasteiger partial charge in [0.15, 0.2) is 0 Å². The molecule has 26 heavy (non-hydrogen) atoms. The highest BCUT2D eigenvalue weighted by Gasteiger charge is 2.64. The smallest absolute Gasteiger partial charge is 0.0114 e. The number of thiol groups is 1. The molecule has 0 saturated heterocycles. The van der Waals surface area contributed by atoms with Crippen LogP contribution in [0.2, 0.25) is 0 Å². The molecule has 0 aliphatic heterocycles. The summed E-state index contributed by atoms with van der Waals surface area (Å²) >= 11 is 5.20. The van der Waals surface area contributed by atoms with E-state index in [1.165, 1.54) is 38.5 Å². The first-order valence-corrected chi connectivity index (χ1v) is 12.1. The fourth-order valence-electron chi connectivity index (χ4n) is 9.43. The zero-order valence-corrected chi connectivity index (χ0v) is 17.8. The van der Waals surface area contributed by atoms with Crippen molar-refractivity contribution in [3.8, 4) is 0 Å². The first-order valence-electron chi connectivity index (χ1n) is 11.6. The van der Waals surface area contributed by atoms with E-state index in [1.54, 1.807) is 0 Å². The highest BCUT2D eigenvalue weighted by atomic mass is 32.1. The lowest BCUT2D eigenvalue weighted by Gasteiger charge is -2.42. The average Bonchev–Trinajstić information content (AvgIpc) is 3.10. The molecule has 4 N–H and O–H groups in total. The Morgan fingerprint density at radius 1 is 0.654 bits per heavy atom. The Bertz CT molecular complexity index is 552. The molecule has 0 spiro atoms. The van der Waals surface area contributed by atoms with E-state index in [4.69, 9.17) is 24.1 Å². The van der Waals surface area contributed by atoms with Gasteiger partial charge in [-0.05, 0) is 104 Å². The largest absolute Gasteiger partial charge is 0.327 e. The van der Waals surface area contributed by atoms with E-state index in [0.717, 1.165) is 53.3 Å². The lowest BCUT2D eigenvalue weighted by molar-refractivity contribution is 0.104. The summed E-state index contributed by atoms with van der Waals surface area (Å²) in [7, 11) is 0. The molecule has 0 radical (unpaired) electrons. The predicted molar refractivity (Wildman–Crippen MR) is 112 cm³/mol. The molecule has 148 valence electrons. The van der Waals surface area contributed by atoms with Crippen LogP contribution in [0.5, 0.6) is 0 Å². The van der Waals surface area contributed by atoms with Gasteiger partial charge in [0.05, 0.1) is 0 Å². The van der Waals surface area contributed by atoms with Crippen LogP contribution in [0, 0.1) is 65.1 Å². The first-order chi connectivity index (χ1) is 12.4. The van der Waals surface area contributed by atoms with Gasteiger partial charge in [-0.25, -0.2) is 0 Å². The van der Waals surface area contributed by atoms with E-state index in [2.05, 4.69) is 20.8 Å². The maximum absolute atomic E-state index is 7.05. The van der Waals surface area contributed by atoms with Crippen LogP contribution in [0.25, 0.3) is 0 Å². The minimum atomic E-state index is 0.352. The van der Waals surface area contributed by atoms with E-state index in [-0.39, 0.29) is 0 Å². The van der Waals surface area contributed by atoms with Crippen molar-refractivity contribution in [1.82, 2.24) is 0 Å². The third-order valence-electron chi connectivity index (χ3n) is 9.93. The van der Waals surface area contributed by atoms with Crippen molar-refractivity contribution in [3.63, 3.8) is 0 Å². The second kappa shape index (κ2) is 6.39. The molecule has 0 aromatic heterocycles. The number of fused-ring (bicyclic) bond motifs is 6. The maximum Gasteiger partial charge on any atom is 0.0114 e. The van der Waals surface area contributed by atoms with Crippen LogP contribution < -0.4 is 11.5 Å². The van der Waals surface area contributed by atoms with Gasteiger partial charge in [0, 0.05) is 17.3 Å². The summed E-state index contributed by atoms with van der Waals surface area (Å²) in [4.78, 5) is 0. The molecule has 14 unspecified atom stereocenters. The van der Waals surface area contributed by atoms with E-state index in [0.29, 0.717) is 29.2 Å². The molecule has 0 aromatic carbocycles. The minimum absolute atomic E-state index is 0.352. The van der Waals surface area contributed by atoms with Crippen molar-refractivity contribution < 1.29 is 0 Å². The van der Waals surface area contributed by atoms with Gasteiger partial charge in [-0.3, -0.25) is 0 Å². The minimum Gasteiger partial charge on any atom is -0.327 e. The molecule has 5 saturated carbocycles. The van der Waals surface area contributed by atoms with Crippen LogP contribution in [0.4, 0.5) is 0 Å². The van der Waals surface area contributed by atoms with Crippen LogP contribution in [0.15, 0.2) is 0 Å². The third kappa shape index (κ3) is 2.52. The fourth-order valence-corrected chi connectivity index (χ4v) is 10.3. The SMILES string of the molecule is CC1CC2CC(C)C3C(N)C4C(S)C5C(N)CC(C)CC5C4C3CC2C1. The van der Waals surface area contributed by atoms with Gasteiger partial charge in [0.25, 0.3) is 0 Å². The molecule has 5 aliphatic rings.